The van der Waals surface area contributed by atoms with Gasteiger partial charge in [0, 0.05) is 0 Å². The molecule has 0 spiro atoms. The number of allylic oxidation sites excluding steroid dienone is 2. The molecule has 50 heavy (non-hydrogen) atoms. The zero-order chi connectivity index (χ0) is 37.0. The van der Waals surface area contributed by atoms with Gasteiger partial charge in [-0.1, -0.05) is 199 Å². The second-order valence-corrected chi connectivity index (χ2v) is 16.6. The largest absolute Gasteiger partial charge is 0.391 e. The molecule has 0 aromatic heterocycles. The fourth-order valence-electron chi connectivity index (χ4n) is 6.75. The van der Waals surface area contributed by atoms with Gasteiger partial charge in [0.2, 0.25) is 5.91 Å². The van der Waals surface area contributed by atoms with Crippen molar-refractivity contribution in [2.75, 3.05) is 5.75 Å². The minimum Gasteiger partial charge on any atom is -0.391 e. The minimum atomic E-state index is -4.41. The fourth-order valence-corrected chi connectivity index (χ4v) is 7.51. The van der Waals surface area contributed by atoms with Crippen molar-refractivity contribution in [2.45, 2.75) is 244 Å². The van der Waals surface area contributed by atoms with Crippen molar-refractivity contribution >= 4 is 16.0 Å². The van der Waals surface area contributed by atoms with Crippen molar-refractivity contribution in [1.82, 2.24) is 5.32 Å². The highest BCUT2D eigenvalue weighted by molar-refractivity contribution is 7.85. The first-order chi connectivity index (χ1) is 24.2. The highest BCUT2D eigenvalue weighted by atomic mass is 32.2. The Morgan fingerprint density at radius 1 is 0.520 bits per heavy atom. The lowest BCUT2D eigenvalue weighted by atomic mass is 10.0. The van der Waals surface area contributed by atoms with Crippen LogP contribution in [0.15, 0.2) is 12.2 Å². The Morgan fingerprint density at radius 3 is 1.20 bits per heavy atom. The molecule has 4 N–H and O–H groups in total. The van der Waals surface area contributed by atoms with E-state index in [1.165, 1.54) is 135 Å². The molecule has 0 fully saturated rings. The van der Waals surface area contributed by atoms with Crippen LogP contribution in [0.4, 0.5) is 0 Å². The lowest BCUT2D eigenvalue weighted by Crippen LogP contribution is -2.50. The van der Waals surface area contributed by atoms with E-state index in [4.69, 9.17) is 0 Å². The lowest BCUT2D eigenvalue weighted by molar-refractivity contribution is -0.131. The van der Waals surface area contributed by atoms with Crippen LogP contribution in [0.2, 0.25) is 0 Å². The van der Waals surface area contributed by atoms with Crippen LogP contribution in [0.25, 0.3) is 0 Å². The van der Waals surface area contributed by atoms with Crippen LogP contribution in [-0.4, -0.2) is 53.1 Å². The molecule has 0 aliphatic rings. The van der Waals surface area contributed by atoms with Crippen molar-refractivity contribution in [3.63, 3.8) is 0 Å². The Hall–Kier alpha value is -0.960. The average molecular weight is 730 g/mol. The number of unbranched alkanes of at least 4 members (excludes halogenated alkanes) is 28. The third kappa shape index (κ3) is 35.4. The third-order valence-corrected chi connectivity index (χ3v) is 10.9. The van der Waals surface area contributed by atoms with E-state index in [0.29, 0.717) is 19.3 Å². The van der Waals surface area contributed by atoms with Gasteiger partial charge in [0.05, 0.1) is 17.9 Å². The summed E-state index contributed by atoms with van der Waals surface area (Å²) in [6.07, 6.45) is 40.8. The maximum absolute atomic E-state index is 12.6. The van der Waals surface area contributed by atoms with E-state index in [-0.39, 0.29) is 6.42 Å². The zero-order valence-corrected chi connectivity index (χ0v) is 33.7. The van der Waals surface area contributed by atoms with Crippen LogP contribution in [0, 0.1) is 0 Å². The topological polar surface area (TPSA) is 124 Å². The summed E-state index contributed by atoms with van der Waals surface area (Å²) in [5.41, 5.74) is 0. The lowest BCUT2D eigenvalue weighted by Gasteiger charge is -2.24. The van der Waals surface area contributed by atoms with Gasteiger partial charge in [-0.25, -0.2) is 0 Å². The molecule has 0 radical (unpaired) electrons. The Balaban J connectivity index is 3.96. The molecule has 0 aromatic carbocycles. The van der Waals surface area contributed by atoms with Crippen LogP contribution < -0.4 is 5.32 Å². The van der Waals surface area contributed by atoms with Gasteiger partial charge in [0.15, 0.2) is 0 Å². The van der Waals surface area contributed by atoms with Gasteiger partial charge in [0.1, 0.15) is 6.10 Å². The number of carbonyl (C=O) groups excluding carboxylic acids is 1. The molecule has 7 nitrogen and oxygen atoms in total. The number of carbonyl (C=O) groups is 1. The van der Waals surface area contributed by atoms with E-state index in [2.05, 4.69) is 31.3 Å². The Labute approximate surface area is 310 Å². The maximum Gasteiger partial charge on any atom is 0.266 e. The summed E-state index contributed by atoms with van der Waals surface area (Å²) in [5, 5.41) is 23.5. The molecule has 0 bridgehead atoms. The van der Waals surface area contributed by atoms with Crippen molar-refractivity contribution < 1.29 is 28.0 Å². The standard InChI is InChI=1S/C42H83NO6S/c1-3-5-7-9-11-13-15-17-19-20-21-23-24-26-28-30-32-34-36-40(44)39(38-50(47,48)49)43-42(46)41(45)37-35-33-31-29-27-25-22-18-16-14-12-10-8-6-4-2/h22,25,39-41,44-45H,3-21,23-24,26-38H2,1-2H3,(H,43,46)(H,47,48,49)/b25-22-. The normalized spacial score (nSPS) is 13.9. The molecule has 0 aliphatic carbocycles. The molecule has 1 amide bonds. The maximum atomic E-state index is 12.6. The second kappa shape index (κ2) is 36.4. The molecule has 0 aliphatic heterocycles. The predicted octanol–water partition coefficient (Wildman–Crippen LogP) is 11.6. The molecule has 0 saturated heterocycles. The molecule has 0 saturated carbocycles. The van der Waals surface area contributed by atoms with Gasteiger partial charge in [-0.15, -0.1) is 0 Å². The summed E-state index contributed by atoms with van der Waals surface area (Å²) < 4.78 is 32.6. The van der Waals surface area contributed by atoms with E-state index in [9.17, 15) is 28.0 Å². The molecule has 0 aromatic rings. The van der Waals surface area contributed by atoms with Gasteiger partial charge in [0.25, 0.3) is 10.1 Å². The van der Waals surface area contributed by atoms with Crippen LogP contribution in [-0.2, 0) is 14.9 Å². The Bertz CT molecular complexity index is 864. The van der Waals surface area contributed by atoms with Crippen molar-refractivity contribution in [1.29, 1.82) is 0 Å². The van der Waals surface area contributed by atoms with E-state index in [0.717, 1.165) is 51.4 Å². The van der Waals surface area contributed by atoms with Gasteiger partial charge in [-0.3, -0.25) is 9.35 Å². The van der Waals surface area contributed by atoms with Gasteiger partial charge in [-0.2, -0.15) is 8.42 Å². The molecular weight excluding hydrogens is 647 g/mol. The fraction of sp³-hybridized carbons (Fsp3) is 0.929. The summed E-state index contributed by atoms with van der Waals surface area (Å²) >= 11 is 0. The van der Waals surface area contributed by atoms with Crippen molar-refractivity contribution in [3.05, 3.63) is 12.2 Å². The van der Waals surface area contributed by atoms with E-state index < -0.39 is 40.0 Å². The van der Waals surface area contributed by atoms with E-state index >= 15 is 0 Å². The Kier molecular flexibility index (Phi) is 35.7. The molecule has 3 unspecified atom stereocenters. The number of hydrogen-bond donors (Lipinski definition) is 4. The number of aliphatic hydroxyl groups is 2. The molecule has 3 atom stereocenters. The second-order valence-electron chi connectivity index (χ2n) is 15.1. The summed E-state index contributed by atoms with van der Waals surface area (Å²) in [7, 11) is -4.41. The molecular formula is C42H83NO6S. The summed E-state index contributed by atoms with van der Waals surface area (Å²) in [6, 6.07) is -1.15. The first-order valence-corrected chi connectivity index (χ1v) is 23.1. The highest BCUT2D eigenvalue weighted by Gasteiger charge is 2.28. The third-order valence-electron chi connectivity index (χ3n) is 10.1. The van der Waals surface area contributed by atoms with Crippen molar-refractivity contribution in [3.8, 4) is 0 Å². The zero-order valence-electron chi connectivity index (χ0n) is 32.9. The van der Waals surface area contributed by atoms with Crippen LogP contribution in [0.3, 0.4) is 0 Å². The summed E-state index contributed by atoms with van der Waals surface area (Å²) in [6.45, 7) is 4.51. The van der Waals surface area contributed by atoms with Gasteiger partial charge in [-0.05, 0) is 38.5 Å². The number of hydrogen-bond acceptors (Lipinski definition) is 5. The molecule has 0 rings (SSSR count). The number of aliphatic hydroxyl groups excluding tert-OH is 2. The SMILES string of the molecule is CCCCCCCCC/C=C\CCCCCCC(O)C(=O)NC(CS(=O)(=O)O)C(O)CCCCCCCCCCCCCCCCCCCC. The summed E-state index contributed by atoms with van der Waals surface area (Å²) in [4.78, 5) is 12.6. The van der Waals surface area contributed by atoms with Gasteiger partial charge >= 0.3 is 0 Å². The van der Waals surface area contributed by atoms with Crippen LogP contribution in [0.5, 0.6) is 0 Å². The molecule has 298 valence electrons. The number of nitrogens with one attached hydrogen (secondary N) is 1. The number of rotatable bonds is 39. The molecule has 8 heteroatoms. The average Bonchev–Trinajstić information content (AvgIpc) is 3.08. The predicted molar refractivity (Wildman–Crippen MR) is 213 cm³/mol. The minimum absolute atomic E-state index is 0.286. The Morgan fingerprint density at radius 2 is 0.840 bits per heavy atom. The first kappa shape index (κ1) is 49.0. The smallest absolute Gasteiger partial charge is 0.266 e. The number of amides is 1. The highest BCUT2D eigenvalue weighted by Crippen LogP contribution is 2.16. The molecule has 0 heterocycles. The first-order valence-electron chi connectivity index (χ1n) is 21.5. The summed E-state index contributed by atoms with van der Waals surface area (Å²) in [5.74, 6) is -1.46. The monoisotopic (exact) mass is 730 g/mol. The van der Waals surface area contributed by atoms with E-state index in [1.54, 1.807) is 0 Å². The quantitative estimate of drug-likeness (QED) is 0.0284. The van der Waals surface area contributed by atoms with Crippen LogP contribution >= 0.6 is 0 Å². The van der Waals surface area contributed by atoms with E-state index in [1.807, 2.05) is 0 Å². The van der Waals surface area contributed by atoms with Crippen LogP contribution in [0.1, 0.15) is 226 Å². The van der Waals surface area contributed by atoms with Gasteiger partial charge < -0.3 is 15.5 Å². The van der Waals surface area contributed by atoms with Crippen molar-refractivity contribution in [2.24, 2.45) is 0 Å².